The molecule has 4 aromatic carbocycles. The molecule has 1 unspecified atom stereocenters. The first kappa shape index (κ1) is 28.1. The number of nitrogens with one attached hydrogen (secondary N) is 1. The highest BCUT2D eigenvalue weighted by molar-refractivity contribution is 6.52. The average Bonchev–Trinajstić information content (AvgIpc) is 3.23. The van der Waals surface area contributed by atoms with Crippen LogP contribution in [0.15, 0.2) is 90.5 Å². The maximum absolute atomic E-state index is 13.6. The Bertz CT molecular complexity index is 1670. The number of ether oxygens (including phenoxy) is 2. The zero-order valence-electron chi connectivity index (χ0n) is 22.4. The van der Waals surface area contributed by atoms with Gasteiger partial charge in [0.2, 0.25) is 0 Å². The number of Topliss-reactive ketones (excluding diaryl/α,β-unsaturated/α-hetero) is 1. The Morgan fingerprint density at radius 3 is 2.15 bits per heavy atom. The highest BCUT2D eigenvalue weighted by Crippen LogP contribution is 2.48. The number of aryl methyl sites for hydroxylation is 1. The number of amides is 1. The third kappa shape index (κ3) is 5.22. The monoisotopic (exact) mass is 588 g/mol. The summed E-state index contributed by atoms with van der Waals surface area (Å²) in [4.78, 5) is 28.6. The molecule has 1 fully saturated rings. The number of methoxy groups -OCH3 is 2. The minimum absolute atomic E-state index is 0.0203. The van der Waals surface area contributed by atoms with Gasteiger partial charge in [-0.05, 0) is 55.0 Å². The van der Waals surface area contributed by atoms with Crippen LogP contribution in [0, 0.1) is 6.92 Å². The van der Waals surface area contributed by atoms with Crippen molar-refractivity contribution in [3.8, 4) is 11.5 Å². The molecule has 2 N–H and O–H groups in total. The fraction of sp³-hybridized carbons (Fsp3) is 0.125. The van der Waals surface area contributed by atoms with Crippen molar-refractivity contribution >= 4 is 57.7 Å². The van der Waals surface area contributed by atoms with Gasteiger partial charge in [0, 0.05) is 17.1 Å². The second-order valence-corrected chi connectivity index (χ2v) is 10.2. The Morgan fingerprint density at radius 2 is 1.51 bits per heavy atom. The van der Waals surface area contributed by atoms with Gasteiger partial charge in [-0.3, -0.25) is 14.5 Å². The molecule has 1 atom stereocenters. The molecule has 0 aromatic heterocycles. The second kappa shape index (κ2) is 11.6. The third-order valence-corrected chi connectivity index (χ3v) is 7.43. The van der Waals surface area contributed by atoms with Crippen molar-refractivity contribution in [3.63, 3.8) is 0 Å². The molecule has 5 rings (SSSR count). The number of ketones is 1. The molecule has 0 aliphatic carbocycles. The van der Waals surface area contributed by atoms with E-state index in [1.54, 1.807) is 18.2 Å². The summed E-state index contributed by atoms with van der Waals surface area (Å²) >= 11 is 12.9. The Labute approximate surface area is 247 Å². The van der Waals surface area contributed by atoms with Crippen molar-refractivity contribution < 1.29 is 24.2 Å². The van der Waals surface area contributed by atoms with Crippen LogP contribution in [0.5, 0.6) is 11.5 Å². The number of para-hydroxylation sites is 1. The Hall–Kier alpha value is -4.46. The number of anilines is 3. The molecule has 1 aliphatic heterocycles. The molecular weight excluding hydrogens is 563 g/mol. The van der Waals surface area contributed by atoms with E-state index >= 15 is 0 Å². The van der Waals surface area contributed by atoms with Gasteiger partial charge in [0.15, 0.2) is 11.5 Å². The van der Waals surface area contributed by atoms with Crippen molar-refractivity contribution in [1.82, 2.24) is 0 Å². The zero-order chi connectivity index (χ0) is 29.3. The number of aliphatic hydroxyl groups is 1. The van der Waals surface area contributed by atoms with E-state index in [0.29, 0.717) is 11.3 Å². The maximum atomic E-state index is 13.6. The molecule has 1 aliphatic rings. The lowest BCUT2D eigenvalue weighted by Gasteiger charge is -2.26. The maximum Gasteiger partial charge on any atom is 0.300 e. The summed E-state index contributed by atoms with van der Waals surface area (Å²) in [6, 6.07) is 24.7. The van der Waals surface area contributed by atoms with Crippen LogP contribution in [0.2, 0.25) is 10.0 Å². The molecule has 1 saturated heterocycles. The SMILES string of the molecule is COc1c(Cl)cc(/C(O)=C2\C(=O)C(=O)N(c3ccc(Nc4ccccc4)cc3)C2c2cccc(C)c2)c(OC)c1Cl. The fourth-order valence-electron chi connectivity index (χ4n) is 4.94. The van der Waals surface area contributed by atoms with Gasteiger partial charge in [0.1, 0.15) is 10.8 Å². The van der Waals surface area contributed by atoms with Gasteiger partial charge in [-0.2, -0.15) is 0 Å². The van der Waals surface area contributed by atoms with E-state index in [9.17, 15) is 14.7 Å². The van der Waals surface area contributed by atoms with Crippen molar-refractivity contribution in [3.05, 3.63) is 117 Å². The van der Waals surface area contributed by atoms with Gasteiger partial charge >= 0.3 is 0 Å². The summed E-state index contributed by atoms with van der Waals surface area (Å²) in [7, 11) is 2.77. The molecule has 9 heteroatoms. The average molecular weight is 589 g/mol. The highest BCUT2D eigenvalue weighted by Gasteiger charge is 2.47. The first-order chi connectivity index (χ1) is 19.7. The molecule has 0 spiro atoms. The molecule has 41 heavy (non-hydrogen) atoms. The van der Waals surface area contributed by atoms with Crippen LogP contribution in [-0.2, 0) is 9.59 Å². The van der Waals surface area contributed by atoms with Crippen molar-refractivity contribution in [2.75, 3.05) is 24.4 Å². The van der Waals surface area contributed by atoms with E-state index in [4.69, 9.17) is 32.7 Å². The number of carbonyl (C=O) groups is 2. The number of aliphatic hydroxyl groups excluding tert-OH is 1. The topological polar surface area (TPSA) is 88.1 Å². The Balaban J connectivity index is 1.66. The standard InChI is InChI=1S/C32H26Cl2N2O5/c1-18-8-7-9-19(16-18)27-25(28(37)23-17-24(33)31(41-3)26(34)30(23)40-2)29(38)32(39)36(27)22-14-12-21(13-15-22)35-20-10-5-4-6-11-20/h4-17,27,35,37H,1-3H3/b28-25+. The van der Waals surface area contributed by atoms with Crippen molar-refractivity contribution in [2.24, 2.45) is 0 Å². The summed E-state index contributed by atoms with van der Waals surface area (Å²) in [5, 5.41) is 15.1. The number of hydrogen-bond acceptors (Lipinski definition) is 6. The van der Waals surface area contributed by atoms with Gasteiger partial charge in [-0.15, -0.1) is 0 Å². The normalized spacial score (nSPS) is 16.1. The van der Waals surface area contributed by atoms with Crippen LogP contribution < -0.4 is 19.7 Å². The predicted molar refractivity (Wildman–Crippen MR) is 162 cm³/mol. The summed E-state index contributed by atoms with van der Waals surface area (Å²) in [6.45, 7) is 1.91. The number of hydrogen-bond donors (Lipinski definition) is 2. The number of carbonyl (C=O) groups excluding carboxylic acids is 2. The van der Waals surface area contributed by atoms with Crippen molar-refractivity contribution in [2.45, 2.75) is 13.0 Å². The molecule has 1 heterocycles. The lowest BCUT2D eigenvalue weighted by atomic mass is 9.94. The van der Waals surface area contributed by atoms with Crippen LogP contribution in [0.4, 0.5) is 17.1 Å². The number of halogens is 2. The smallest absolute Gasteiger partial charge is 0.300 e. The second-order valence-electron chi connectivity index (χ2n) is 9.41. The summed E-state index contributed by atoms with van der Waals surface area (Å²) in [5.74, 6) is -1.90. The molecule has 7 nitrogen and oxygen atoms in total. The molecule has 4 aromatic rings. The zero-order valence-corrected chi connectivity index (χ0v) is 24.0. The fourth-order valence-corrected chi connectivity index (χ4v) is 5.63. The van der Waals surface area contributed by atoms with E-state index in [1.807, 2.05) is 67.6 Å². The van der Waals surface area contributed by atoms with Gasteiger partial charge in [-0.25, -0.2) is 0 Å². The van der Waals surface area contributed by atoms with E-state index < -0.39 is 23.5 Å². The van der Waals surface area contributed by atoms with Gasteiger partial charge in [0.25, 0.3) is 11.7 Å². The van der Waals surface area contributed by atoms with Crippen molar-refractivity contribution in [1.29, 1.82) is 0 Å². The van der Waals surface area contributed by atoms with E-state index in [1.165, 1.54) is 25.2 Å². The molecule has 1 amide bonds. The molecule has 0 bridgehead atoms. The summed E-state index contributed by atoms with van der Waals surface area (Å²) in [6.07, 6.45) is 0. The summed E-state index contributed by atoms with van der Waals surface area (Å²) < 4.78 is 10.7. The predicted octanol–water partition coefficient (Wildman–Crippen LogP) is 7.69. The number of benzene rings is 4. The minimum atomic E-state index is -0.938. The largest absolute Gasteiger partial charge is 0.507 e. The quantitative estimate of drug-likeness (QED) is 0.131. The molecule has 0 saturated carbocycles. The van der Waals surface area contributed by atoms with Crippen LogP contribution in [-0.4, -0.2) is 31.0 Å². The Morgan fingerprint density at radius 1 is 0.854 bits per heavy atom. The lowest BCUT2D eigenvalue weighted by molar-refractivity contribution is -0.132. The molecular formula is C32H26Cl2N2O5. The van der Waals surface area contributed by atoms with Crippen LogP contribution in [0.1, 0.15) is 22.7 Å². The van der Waals surface area contributed by atoms with Crippen LogP contribution >= 0.6 is 23.2 Å². The number of rotatable bonds is 7. The molecule has 0 radical (unpaired) electrons. The lowest BCUT2D eigenvalue weighted by Crippen LogP contribution is -2.29. The first-order valence-electron chi connectivity index (χ1n) is 12.6. The first-order valence-corrected chi connectivity index (χ1v) is 13.4. The third-order valence-electron chi connectivity index (χ3n) is 6.80. The van der Waals surface area contributed by atoms with Gasteiger partial charge in [0.05, 0.1) is 36.4 Å². The van der Waals surface area contributed by atoms with E-state index in [-0.39, 0.29) is 32.7 Å². The van der Waals surface area contributed by atoms with Gasteiger partial charge in [-0.1, -0.05) is 71.2 Å². The highest BCUT2D eigenvalue weighted by atomic mass is 35.5. The molecule has 208 valence electrons. The summed E-state index contributed by atoms with van der Waals surface area (Å²) in [5.41, 5.74) is 3.69. The van der Waals surface area contributed by atoms with Gasteiger partial charge < -0.3 is 19.9 Å². The van der Waals surface area contributed by atoms with Crippen LogP contribution in [0.3, 0.4) is 0 Å². The Kier molecular flexibility index (Phi) is 7.92. The van der Waals surface area contributed by atoms with E-state index in [2.05, 4.69) is 5.32 Å². The van der Waals surface area contributed by atoms with E-state index in [0.717, 1.165) is 16.9 Å². The minimum Gasteiger partial charge on any atom is -0.507 e. The van der Waals surface area contributed by atoms with Crippen LogP contribution in [0.25, 0.3) is 5.76 Å². The number of nitrogens with zero attached hydrogens (tertiary/aromatic N) is 1.